The number of hydrogen-bond donors (Lipinski definition) is 2. The summed E-state index contributed by atoms with van der Waals surface area (Å²) in [7, 11) is 0. The number of amides is 2. The van der Waals surface area contributed by atoms with Gasteiger partial charge in [-0.3, -0.25) is 0 Å². The molecule has 2 aromatic carbocycles. The SMILES string of the molecule is Cc1ccc(C23C[C@@H]4C[C@@H](CC(NC(=O)NCc5ccccc5)(C4)C2)C3)cc1. The summed E-state index contributed by atoms with van der Waals surface area (Å²) in [6.07, 6.45) is 7.33. The molecule has 2 N–H and O–H groups in total. The molecular weight excluding hydrogens is 344 g/mol. The predicted octanol–water partition coefficient (Wildman–Crippen LogP) is 5.08. The van der Waals surface area contributed by atoms with Gasteiger partial charge in [0, 0.05) is 12.1 Å². The quantitative estimate of drug-likeness (QED) is 0.769. The van der Waals surface area contributed by atoms with Gasteiger partial charge >= 0.3 is 6.03 Å². The van der Waals surface area contributed by atoms with E-state index in [-0.39, 0.29) is 17.0 Å². The second-order valence-corrected chi connectivity index (χ2v) is 9.68. The molecule has 146 valence electrons. The summed E-state index contributed by atoms with van der Waals surface area (Å²) in [5.41, 5.74) is 4.17. The first kappa shape index (κ1) is 17.8. The Hall–Kier alpha value is -2.29. The third kappa shape index (κ3) is 3.21. The molecule has 6 rings (SSSR count). The van der Waals surface area contributed by atoms with Crippen LogP contribution in [0.4, 0.5) is 4.79 Å². The highest BCUT2D eigenvalue weighted by atomic mass is 16.2. The van der Waals surface area contributed by atoms with E-state index in [0.717, 1.165) is 36.7 Å². The molecular formula is C25H30N2O. The van der Waals surface area contributed by atoms with Gasteiger partial charge in [-0.1, -0.05) is 60.2 Å². The van der Waals surface area contributed by atoms with Crippen LogP contribution in [-0.4, -0.2) is 11.6 Å². The Morgan fingerprint density at radius 1 is 0.964 bits per heavy atom. The lowest BCUT2D eigenvalue weighted by Crippen LogP contribution is -2.65. The van der Waals surface area contributed by atoms with Crippen molar-refractivity contribution in [2.75, 3.05) is 0 Å². The van der Waals surface area contributed by atoms with Gasteiger partial charge in [0.15, 0.2) is 0 Å². The van der Waals surface area contributed by atoms with Gasteiger partial charge < -0.3 is 10.6 Å². The van der Waals surface area contributed by atoms with E-state index in [1.165, 1.54) is 30.4 Å². The van der Waals surface area contributed by atoms with Crippen molar-refractivity contribution in [2.45, 2.75) is 62.9 Å². The number of hydrogen-bond acceptors (Lipinski definition) is 1. The minimum Gasteiger partial charge on any atom is -0.334 e. The zero-order valence-electron chi connectivity index (χ0n) is 16.7. The number of aryl methyl sites for hydroxylation is 1. The molecule has 4 aliphatic carbocycles. The monoisotopic (exact) mass is 374 g/mol. The van der Waals surface area contributed by atoms with E-state index in [9.17, 15) is 4.79 Å². The van der Waals surface area contributed by atoms with Gasteiger partial charge in [0.25, 0.3) is 0 Å². The van der Waals surface area contributed by atoms with Gasteiger partial charge in [-0.15, -0.1) is 0 Å². The lowest BCUT2D eigenvalue weighted by atomic mass is 9.45. The van der Waals surface area contributed by atoms with Crippen molar-refractivity contribution in [3.8, 4) is 0 Å². The van der Waals surface area contributed by atoms with Gasteiger partial charge in [0.1, 0.15) is 0 Å². The van der Waals surface area contributed by atoms with Gasteiger partial charge in [-0.05, 0) is 73.8 Å². The maximum Gasteiger partial charge on any atom is 0.315 e. The fourth-order valence-corrected chi connectivity index (χ4v) is 6.72. The van der Waals surface area contributed by atoms with Crippen LogP contribution in [0.25, 0.3) is 0 Å². The number of benzene rings is 2. The lowest BCUT2D eigenvalue weighted by molar-refractivity contribution is -0.0350. The highest BCUT2D eigenvalue weighted by Crippen LogP contribution is 2.62. The molecule has 2 amide bonds. The molecule has 4 atom stereocenters. The molecule has 0 saturated heterocycles. The Balaban J connectivity index is 1.33. The molecule has 2 unspecified atom stereocenters. The van der Waals surface area contributed by atoms with E-state index in [4.69, 9.17) is 0 Å². The molecule has 3 heteroatoms. The zero-order valence-corrected chi connectivity index (χ0v) is 16.7. The number of urea groups is 1. The lowest BCUT2D eigenvalue weighted by Gasteiger charge is -2.62. The predicted molar refractivity (Wildman–Crippen MR) is 112 cm³/mol. The highest BCUT2D eigenvalue weighted by molar-refractivity contribution is 5.75. The third-order valence-corrected chi connectivity index (χ3v) is 7.40. The summed E-state index contributed by atoms with van der Waals surface area (Å²) in [5.74, 6) is 1.49. The molecule has 0 heterocycles. The molecule has 4 fully saturated rings. The van der Waals surface area contributed by atoms with Crippen LogP contribution in [-0.2, 0) is 12.0 Å². The average molecular weight is 375 g/mol. The molecule has 4 aliphatic rings. The van der Waals surface area contributed by atoms with Gasteiger partial charge in [-0.2, -0.15) is 0 Å². The normalized spacial score (nSPS) is 32.9. The van der Waals surface area contributed by atoms with E-state index in [2.05, 4.69) is 54.0 Å². The van der Waals surface area contributed by atoms with Crippen LogP contribution in [0.5, 0.6) is 0 Å². The first-order chi connectivity index (χ1) is 13.5. The Kier molecular flexibility index (Phi) is 4.22. The number of nitrogens with one attached hydrogen (secondary N) is 2. The molecule has 28 heavy (non-hydrogen) atoms. The molecule has 0 radical (unpaired) electrons. The summed E-state index contributed by atoms with van der Waals surface area (Å²) < 4.78 is 0. The number of carbonyl (C=O) groups excluding carboxylic acids is 1. The second kappa shape index (κ2) is 6.65. The van der Waals surface area contributed by atoms with Crippen LogP contribution in [0.15, 0.2) is 54.6 Å². The van der Waals surface area contributed by atoms with E-state index in [0.29, 0.717) is 6.54 Å². The van der Waals surface area contributed by atoms with Crippen LogP contribution in [0.2, 0.25) is 0 Å². The van der Waals surface area contributed by atoms with Gasteiger partial charge in [0.2, 0.25) is 0 Å². The standard InChI is InChI=1S/C25H30N2O/c1-18-7-9-22(10-8-18)24-12-20-11-21(13-24)15-25(14-20,17-24)27-23(28)26-16-19-5-3-2-4-6-19/h2-10,20-21H,11-17H2,1H3,(H2,26,27,28)/t20-,21+,24?,25?. The van der Waals surface area contributed by atoms with E-state index >= 15 is 0 Å². The molecule has 4 saturated carbocycles. The van der Waals surface area contributed by atoms with Crippen molar-refractivity contribution in [3.63, 3.8) is 0 Å². The minimum atomic E-state index is -0.0320. The topological polar surface area (TPSA) is 41.1 Å². The Labute approximate surface area is 167 Å². The minimum absolute atomic E-state index is 0.00939. The smallest absolute Gasteiger partial charge is 0.315 e. The zero-order chi connectivity index (χ0) is 19.2. The van der Waals surface area contributed by atoms with Crippen molar-refractivity contribution in [3.05, 3.63) is 71.3 Å². The third-order valence-electron chi connectivity index (χ3n) is 7.40. The summed E-state index contributed by atoms with van der Waals surface area (Å²) >= 11 is 0. The first-order valence-corrected chi connectivity index (χ1v) is 10.7. The van der Waals surface area contributed by atoms with Crippen LogP contribution >= 0.6 is 0 Å². The molecule has 0 aliphatic heterocycles. The molecule has 3 nitrogen and oxygen atoms in total. The average Bonchev–Trinajstić information content (AvgIpc) is 2.66. The van der Waals surface area contributed by atoms with E-state index in [1.54, 1.807) is 0 Å². The van der Waals surface area contributed by atoms with Crippen LogP contribution in [0.3, 0.4) is 0 Å². The molecule has 2 aromatic rings. The second-order valence-electron chi connectivity index (χ2n) is 9.68. The van der Waals surface area contributed by atoms with Gasteiger partial charge in [0.05, 0.1) is 0 Å². The van der Waals surface area contributed by atoms with E-state index < -0.39 is 0 Å². The van der Waals surface area contributed by atoms with Crippen LogP contribution < -0.4 is 10.6 Å². The molecule has 0 spiro atoms. The van der Waals surface area contributed by atoms with Crippen molar-refractivity contribution in [1.82, 2.24) is 10.6 Å². The Morgan fingerprint density at radius 2 is 1.64 bits per heavy atom. The summed E-state index contributed by atoms with van der Waals surface area (Å²) in [5, 5.41) is 6.53. The molecule has 0 aromatic heterocycles. The maximum absolute atomic E-state index is 12.8. The van der Waals surface area contributed by atoms with Crippen molar-refractivity contribution < 1.29 is 4.79 Å². The van der Waals surface area contributed by atoms with E-state index in [1.807, 2.05) is 18.2 Å². The van der Waals surface area contributed by atoms with Crippen molar-refractivity contribution >= 4 is 6.03 Å². The van der Waals surface area contributed by atoms with Crippen LogP contribution in [0, 0.1) is 18.8 Å². The Morgan fingerprint density at radius 3 is 2.32 bits per heavy atom. The summed E-state index contributed by atoms with van der Waals surface area (Å²) in [6.45, 7) is 2.74. The van der Waals surface area contributed by atoms with Crippen molar-refractivity contribution in [1.29, 1.82) is 0 Å². The number of carbonyl (C=O) groups is 1. The van der Waals surface area contributed by atoms with Gasteiger partial charge in [-0.25, -0.2) is 4.79 Å². The molecule has 4 bridgehead atoms. The first-order valence-electron chi connectivity index (χ1n) is 10.7. The van der Waals surface area contributed by atoms with Crippen LogP contribution in [0.1, 0.15) is 55.2 Å². The number of rotatable bonds is 4. The maximum atomic E-state index is 12.8. The Bertz CT molecular complexity index is 844. The highest BCUT2D eigenvalue weighted by Gasteiger charge is 2.58. The van der Waals surface area contributed by atoms with Crippen molar-refractivity contribution in [2.24, 2.45) is 11.8 Å². The fourth-order valence-electron chi connectivity index (χ4n) is 6.72. The largest absolute Gasteiger partial charge is 0.334 e. The fraction of sp³-hybridized carbons (Fsp3) is 0.480. The summed E-state index contributed by atoms with van der Waals surface area (Å²) in [6, 6.07) is 19.3. The summed E-state index contributed by atoms with van der Waals surface area (Å²) in [4.78, 5) is 12.8.